The second-order valence-corrected chi connectivity index (χ2v) is 5.63. The molecule has 0 bridgehead atoms. The maximum atomic E-state index is 12.5. The summed E-state index contributed by atoms with van der Waals surface area (Å²) in [6.07, 6.45) is -3.23. The van der Waals surface area contributed by atoms with Crippen molar-refractivity contribution in [1.82, 2.24) is 4.98 Å². The fourth-order valence-electron chi connectivity index (χ4n) is 2.11. The molecule has 3 nitrogen and oxygen atoms in total. The van der Waals surface area contributed by atoms with Gasteiger partial charge in [0.15, 0.2) is 5.01 Å². The van der Waals surface area contributed by atoms with Gasteiger partial charge in [-0.1, -0.05) is 18.2 Å². The molecule has 2 heterocycles. The molecule has 1 unspecified atom stereocenters. The van der Waals surface area contributed by atoms with Gasteiger partial charge < -0.3 is 10.5 Å². The van der Waals surface area contributed by atoms with Crippen LogP contribution in [-0.4, -0.2) is 4.98 Å². The number of alkyl halides is 3. The van der Waals surface area contributed by atoms with E-state index in [1.807, 2.05) is 18.2 Å². The van der Waals surface area contributed by atoms with Gasteiger partial charge in [-0.15, -0.1) is 11.3 Å². The Hall–Kier alpha value is -1.44. The summed E-state index contributed by atoms with van der Waals surface area (Å²) in [7, 11) is 0. The number of nitrogens with zero attached hydrogens (tertiary/aromatic N) is 1. The van der Waals surface area contributed by atoms with Gasteiger partial charge in [-0.05, 0) is 16.7 Å². The lowest BCUT2D eigenvalue weighted by molar-refractivity contribution is -0.137. The molecule has 0 amide bonds. The van der Waals surface area contributed by atoms with Crippen LogP contribution in [0.25, 0.3) is 0 Å². The Morgan fingerprint density at radius 3 is 2.70 bits per heavy atom. The SMILES string of the molecule is NC(c1ccc2c(c1)COC2)c1cnc(C(F)(F)F)s1. The molecule has 0 radical (unpaired) electrons. The fourth-order valence-corrected chi connectivity index (χ4v) is 2.92. The first kappa shape index (κ1) is 13.5. The van der Waals surface area contributed by atoms with Crippen LogP contribution in [0.3, 0.4) is 0 Å². The first-order chi connectivity index (χ1) is 9.45. The van der Waals surface area contributed by atoms with Crippen molar-refractivity contribution in [2.24, 2.45) is 5.73 Å². The molecular formula is C13H11F3N2OS. The van der Waals surface area contributed by atoms with E-state index in [1.165, 1.54) is 6.20 Å². The molecule has 7 heteroatoms. The topological polar surface area (TPSA) is 48.1 Å². The van der Waals surface area contributed by atoms with Crippen molar-refractivity contribution in [3.63, 3.8) is 0 Å². The predicted molar refractivity (Wildman–Crippen MR) is 68.1 cm³/mol. The molecule has 1 aliphatic heterocycles. The number of thiazole rings is 1. The summed E-state index contributed by atoms with van der Waals surface area (Å²) in [4.78, 5) is 3.79. The molecule has 2 N–H and O–H groups in total. The zero-order valence-corrected chi connectivity index (χ0v) is 11.1. The minimum atomic E-state index is -4.42. The summed E-state index contributed by atoms with van der Waals surface area (Å²) < 4.78 is 42.9. The largest absolute Gasteiger partial charge is 0.443 e. The van der Waals surface area contributed by atoms with Crippen molar-refractivity contribution in [3.05, 3.63) is 51.0 Å². The molecule has 20 heavy (non-hydrogen) atoms. The molecule has 1 aromatic heterocycles. The van der Waals surface area contributed by atoms with Crippen LogP contribution in [0, 0.1) is 0 Å². The van der Waals surface area contributed by atoms with Crippen molar-refractivity contribution >= 4 is 11.3 Å². The molecule has 0 spiro atoms. The Morgan fingerprint density at radius 2 is 2.00 bits per heavy atom. The lowest BCUT2D eigenvalue weighted by Gasteiger charge is -2.11. The van der Waals surface area contributed by atoms with Crippen molar-refractivity contribution in [2.45, 2.75) is 25.4 Å². The Labute approximate surface area is 117 Å². The average molecular weight is 300 g/mol. The van der Waals surface area contributed by atoms with Gasteiger partial charge in [-0.3, -0.25) is 0 Å². The quantitative estimate of drug-likeness (QED) is 0.926. The number of halogens is 3. The predicted octanol–water partition coefficient (Wildman–Crippen LogP) is 3.24. The molecule has 0 saturated heterocycles. The first-order valence-corrected chi connectivity index (χ1v) is 6.75. The third-order valence-electron chi connectivity index (χ3n) is 3.18. The number of hydrogen-bond acceptors (Lipinski definition) is 4. The van der Waals surface area contributed by atoms with Gasteiger partial charge in [0.25, 0.3) is 0 Å². The van der Waals surface area contributed by atoms with Crippen molar-refractivity contribution in [1.29, 1.82) is 0 Å². The van der Waals surface area contributed by atoms with Gasteiger partial charge in [0.2, 0.25) is 0 Å². The van der Waals surface area contributed by atoms with E-state index in [4.69, 9.17) is 10.5 Å². The molecule has 2 aromatic rings. The Kier molecular flexibility index (Phi) is 3.27. The molecule has 3 rings (SSSR count). The maximum absolute atomic E-state index is 12.5. The Balaban J connectivity index is 1.89. The molecule has 106 valence electrons. The minimum absolute atomic E-state index is 0.399. The van der Waals surface area contributed by atoms with E-state index in [-0.39, 0.29) is 0 Å². The normalized spacial score (nSPS) is 16.2. The smallest absolute Gasteiger partial charge is 0.372 e. The number of fused-ring (bicyclic) bond motifs is 1. The van der Waals surface area contributed by atoms with E-state index in [9.17, 15) is 13.2 Å². The molecule has 1 aromatic carbocycles. The first-order valence-electron chi connectivity index (χ1n) is 5.93. The third kappa shape index (κ3) is 2.44. The number of rotatable bonds is 2. The van der Waals surface area contributed by atoms with Crippen molar-refractivity contribution in [2.75, 3.05) is 0 Å². The van der Waals surface area contributed by atoms with E-state index < -0.39 is 17.2 Å². The number of nitrogens with two attached hydrogens (primary N) is 1. The van der Waals surface area contributed by atoms with E-state index >= 15 is 0 Å². The Bertz CT molecular complexity index is 639. The van der Waals surface area contributed by atoms with Gasteiger partial charge in [0.1, 0.15) is 0 Å². The van der Waals surface area contributed by atoms with Gasteiger partial charge in [-0.25, -0.2) is 4.98 Å². The molecular weight excluding hydrogens is 289 g/mol. The third-order valence-corrected chi connectivity index (χ3v) is 4.30. The van der Waals surface area contributed by atoms with Gasteiger partial charge in [0.05, 0.1) is 19.3 Å². The summed E-state index contributed by atoms with van der Waals surface area (Å²) in [5.41, 5.74) is 8.94. The van der Waals surface area contributed by atoms with E-state index in [0.29, 0.717) is 29.4 Å². The molecule has 1 aliphatic rings. The van der Waals surface area contributed by atoms with Gasteiger partial charge in [0, 0.05) is 11.1 Å². The highest BCUT2D eigenvalue weighted by atomic mass is 32.1. The van der Waals surface area contributed by atoms with Crippen LogP contribution in [0.1, 0.15) is 32.6 Å². The molecule has 0 aliphatic carbocycles. The fraction of sp³-hybridized carbons (Fsp3) is 0.308. The van der Waals surface area contributed by atoms with E-state index in [1.54, 1.807) is 0 Å². The van der Waals surface area contributed by atoms with Crippen molar-refractivity contribution in [3.8, 4) is 0 Å². The summed E-state index contributed by atoms with van der Waals surface area (Å²) in [5.74, 6) is 0. The summed E-state index contributed by atoms with van der Waals surface area (Å²) in [6.45, 7) is 1.09. The minimum Gasteiger partial charge on any atom is -0.372 e. The van der Waals surface area contributed by atoms with E-state index in [0.717, 1.165) is 16.7 Å². The summed E-state index contributed by atoms with van der Waals surface area (Å²) >= 11 is 0.584. The molecule has 1 atom stereocenters. The lowest BCUT2D eigenvalue weighted by Crippen LogP contribution is -2.10. The van der Waals surface area contributed by atoms with Crippen LogP contribution in [0.2, 0.25) is 0 Å². The zero-order chi connectivity index (χ0) is 14.3. The molecule has 0 saturated carbocycles. The molecule has 0 fully saturated rings. The van der Waals surface area contributed by atoms with Crippen LogP contribution in [0.5, 0.6) is 0 Å². The Morgan fingerprint density at radius 1 is 1.25 bits per heavy atom. The van der Waals surface area contributed by atoms with Crippen LogP contribution in [0.4, 0.5) is 13.2 Å². The second kappa shape index (κ2) is 4.83. The van der Waals surface area contributed by atoms with Crippen LogP contribution < -0.4 is 5.73 Å². The lowest BCUT2D eigenvalue weighted by atomic mass is 10.0. The highest BCUT2D eigenvalue weighted by Gasteiger charge is 2.35. The number of hydrogen-bond donors (Lipinski definition) is 1. The number of benzene rings is 1. The summed E-state index contributed by atoms with van der Waals surface area (Å²) in [5, 5.41) is -0.868. The highest BCUT2D eigenvalue weighted by Crippen LogP contribution is 2.35. The monoisotopic (exact) mass is 300 g/mol. The van der Waals surface area contributed by atoms with E-state index in [2.05, 4.69) is 4.98 Å². The second-order valence-electron chi connectivity index (χ2n) is 4.56. The zero-order valence-electron chi connectivity index (χ0n) is 10.3. The highest BCUT2D eigenvalue weighted by molar-refractivity contribution is 7.11. The average Bonchev–Trinajstić information content (AvgIpc) is 3.05. The van der Waals surface area contributed by atoms with Crippen LogP contribution in [0.15, 0.2) is 24.4 Å². The maximum Gasteiger partial charge on any atom is 0.443 e. The van der Waals surface area contributed by atoms with Crippen molar-refractivity contribution < 1.29 is 17.9 Å². The van der Waals surface area contributed by atoms with Crippen LogP contribution >= 0.6 is 11.3 Å². The van der Waals surface area contributed by atoms with Crippen LogP contribution in [-0.2, 0) is 24.1 Å². The number of ether oxygens (including phenoxy) is 1. The standard InChI is InChI=1S/C13H11F3N2OS/c14-13(15,16)12-18-4-10(20-12)11(17)7-1-2-8-5-19-6-9(8)3-7/h1-4,11H,5-6,17H2. The summed E-state index contributed by atoms with van der Waals surface area (Å²) in [6, 6.07) is 5.02. The van der Waals surface area contributed by atoms with Gasteiger partial charge >= 0.3 is 6.18 Å². The number of aromatic nitrogens is 1. The van der Waals surface area contributed by atoms with Gasteiger partial charge in [-0.2, -0.15) is 13.2 Å².